The molecule has 5 rings (SSSR count). The SMILES string of the molecule is CN1CCOc2ccc(S(=O)(=O)Nc3ccc4c(c3)/C(=N\NC3=NCCN3)CC4)cc21. The summed E-state index contributed by atoms with van der Waals surface area (Å²) in [5, 5.41) is 7.59. The van der Waals surface area contributed by atoms with E-state index in [1.54, 1.807) is 24.3 Å². The first-order valence-electron chi connectivity index (χ1n) is 10.2. The first kappa shape index (κ1) is 19.7. The number of sulfonamides is 1. The molecule has 3 N–H and O–H groups in total. The molecule has 0 radical (unpaired) electrons. The van der Waals surface area contributed by atoms with E-state index in [9.17, 15) is 8.42 Å². The molecule has 0 atom stereocenters. The standard InChI is InChI=1S/C21H24N6O3S/c1-27-10-11-30-20-7-5-16(13-19(20)27)31(28,29)26-15-4-2-14-3-6-18(17(14)12-15)24-25-21-22-8-9-23-21/h2,4-5,7,12-13,26H,3,6,8-11H2,1H3,(H2,22,23,25)/b24-18-. The molecule has 1 aliphatic carbocycles. The van der Waals surface area contributed by atoms with Crippen molar-refractivity contribution in [2.24, 2.45) is 10.1 Å². The van der Waals surface area contributed by atoms with Crippen LogP contribution in [0.1, 0.15) is 17.5 Å². The summed E-state index contributed by atoms with van der Waals surface area (Å²) >= 11 is 0. The summed E-state index contributed by atoms with van der Waals surface area (Å²) in [4.78, 5) is 6.46. The Bertz CT molecular complexity index is 1190. The van der Waals surface area contributed by atoms with Crippen molar-refractivity contribution in [1.82, 2.24) is 10.7 Å². The maximum Gasteiger partial charge on any atom is 0.261 e. The molecular formula is C21H24N6O3S. The van der Waals surface area contributed by atoms with Crippen molar-refractivity contribution in [1.29, 1.82) is 0 Å². The molecule has 2 aromatic carbocycles. The van der Waals surface area contributed by atoms with Crippen molar-refractivity contribution in [3.63, 3.8) is 0 Å². The van der Waals surface area contributed by atoms with Gasteiger partial charge in [-0.3, -0.25) is 4.72 Å². The summed E-state index contributed by atoms with van der Waals surface area (Å²) in [7, 11) is -1.82. The molecule has 0 fully saturated rings. The zero-order valence-corrected chi connectivity index (χ0v) is 18.0. The summed E-state index contributed by atoms with van der Waals surface area (Å²) < 4.78 is 34.4. The van der Waals surface area contributed by atoms with Crippen LogP contribution in [0.5, 0.6) is 5.75 Å². The van der Waals surface area contributed by atoms with Crippen LogP contribution in [0.4, 0.5) is 11.4 Å². The minimum absolute atomic E-state index is 0.199. The van der Waals surface area contributed by atoms with Gasteiger partial charge in [-0.1, -0.05) is 6.07 Å². The lowest BCUT2D eigenvalue weighted by Gasteiger charge is -2.28. The number of nitrogens with one attached hydrogen (secondary N) is 3. The third-order valence-electron chi connectivity index (χ3n) is 5.61. The van der Waals surface area contributed by atoms with Crippen molar-refractivity contribution in [2.75, 3.05) is 42.9 Å². The molecule has 0 bridgehead atoms. The maximum atomic E-state index is 13.0. The minimum Gasteiger partial charge on any atom is -0.490 e. The zero-order chi connectivity index (χ0) is 21.4. The Morgan fingerprint density at radius 3 is 2.94 bits per heavy atom. The van der Waals surface area contributed by atoms with Crippen molar-refractivity contribution in [3.8, 4) is 5.75 Å². The van der Waals surface area contributed by atoms with Gasteiger partial charge in [0, 0.05) is 24.8 Å². The number of nitrogens with zero attached hydrogens (tertiary/aromatic N) is 3. The predicted octanol–water partition coefficient (Wildman–Crippen LogP) is 1.52. The van der Waals surface area contributed by atoms with E-state index in [0.717, 1.165) is 48.5 Å². The van der Waals surface area contributed by atoms with Crippen molar-refractivity contribution in [2.45, 2.75) is 17.7 Å². The van der Waals surface area contributed by atoms with Crippen LogP contribution < -0.4 is 25.1 Å². The van der Waals surface area contributed by atoms with Gasteiger partial charge in [-0.2, -0.15) is 5.10 Å². The van der Waals surface area contributed by atoms with Gasteiger partial charge in [0.05, 0.1) is 29.4 Å². The number of anilines is 2. The number of hydrogen-bond acceptors (Lipinski definition) is 8. The highest BCUT2D eigenvalue weighted by Gasteiger charge is 2.23. The topological polar surface area (TPSA) is 107 Å². The maximum absolute atomic E-state index is 13.0. The van der Waals surface area contributed by atoms with E-state index in [2.05, 4.69) is 25.6 Å². The molecule has 0 aromatic heterocycles. The number of aryl methyl sites for hydroxylation is 1. The quantitative estimate of drug-likeness (QED) is 0.623. The molecule has 0 saturated heterocycles. The molecule has 2 aliphatic heterocycles. The molecule has 31 heavy (non-hydrogen) atoms. The Morgan fingerprint density at radius 1 is 1.19 bits per heavy atom. The summed E-state index contributed by atoms with van der Waals surface area (Å²) in [5.41, 5.74) is 7.23. The molecule has 0 spiro atoms. The molecule has 162 valence electrons. The normalized spacial score (nSPS) is 18.7. The Hall–Kier alpha value is -3.27. The molecule has 9 nitrogen and oxygen atoms in total. The van der Waals surface area contributed by atoms with Gasteiger partial charge in [0.15, 0.2) is 0 Å². The fourth-order valence-electron chi connectivity index (χ4n) is 3.94. The number of rotatable bonds is 4. The third kappa shape index (κ3) is 3.90. The summed E-state index contributed by atoms with van der Waals surface area (Å²) in [6.45, 7) is 2.85. The van der Waals surface area contributed by atoms with Gasteiger partial charge in [-0.25, -0.2) is 18.8 Å². The Labute approximate surface area is 181 Å². The van der Waals surface area contributed by atoms with E-state index in [1.165, 1.54) is 0 Å². The van der Waals surface area contributed by atoms with E-state index in [4.69, 9.17) is 4.74 Å². The van der Waals surface area contributed by atoms with Crippen LogP contribution >= 0.6 is 0 Å². The molecule has 2 aromatic rings. The highest BCUT2D eigenvalue weighted by Crippen LogP contribution is 2.33. The first-order valence-corrected chi connectivity index (χ1v) is 11.7. The number of hydrogen-bond donors (Lipinski definition) is 3. The zero-order valence-electron chi connectivity index (χ0n) is 17.2. The molecule has 0 amide bonds. The largest absolute Gasteiger partial charge is 0.490 e. The molecule has 0 unspecified atom stereocenters. The van der Waals surface area contributed by atoms with Gasteiger partial charge < -0.3 is 15.0 Å². The van der Waals surface area contributed by atoms with E-state index in [-0.39, 0.29) is 4.90 Å². The molecular weight excluding hydrogens is 416 g/mol. The highest BCUT2D eigenvalue weighted by molar-refractivity contribution is 7.92. The van der Waals surface area contributed by atoms with E-state index >= 15 is 0 Å². The Kier molecular flexibility index (Phi) is 4.93. The fraction of sp³-hybridized carbons (Fsp3) is 0.333. The van der Waals surface area contributed by atoms with Gasteiger partial charge >= 0.3 is 0 Å². The third-order valence-corrected chi connectivity index (χ3v) is 6.99. The number of ether oxygens (including phenoxy) is 1. The van der Waals surface area contributed by atoms with Gasteiger partial charge in [0.1, 0.15) is 12.4 Å². The number of hydrazone groups is 1. The lowest BCUT2D eigenvalue weighted by atomic mass is 10.1. The van der Waals surface area contributed by atoms with Crippen molar-refractivity contribution >= 4 is 33.1 Å². The van der Waals surface area contributed by atoms with Crippen LogP contribution in [0.3, 0.4) is 0 Å². The van der Waals surface area contributed by atoms with Crippen LogP contribution in [-0.4, -0.2) is 53.4 Å². The lowest BCUT2D eigenvalue weighted by molar-refractivity contribution is 0.311. The van der Waals surface area contributed by atoms with Gasteiger partial charge in [-0.15, -0.1) is 0 Å². The smallest absolute Gasteiger partial charge is 0.261 e. The van der Waals surface area contributed by atoms with E-state index in [0.29, 0.717) is 30.5 Å². The average Bonchev–Trinajstić information content (AvgIpc) is 3.41. The number of likely N-dealkylation sites (N-methyl/N-ethyl adjacent to an activating group) is 1. The highest BCUT2D eigenvalue weighted by atomic mass is 32.2. The van der Waals surface area contributed by atoms with Crippen LogP contribution in [0.15, 0.2) is 51.4 Å². The Balaban J connectivity index is 1.39. The van der Waals surface area contributed by atoms with Gasteiger partial charge in [0.25, 0.3) is 10.0 Å². The summed E-state index contributed by atoms with van der Waals surface area (Å²) in [5.74, 6) is 1.36. The van der Waals surface area contributed by atoms with Gasteiger partial charge in [-0.05, 0) is 48.7 Å². The van der Waals surface area contributed by atoms with E-state index in [1.807, 2.05) is 24.1 Å². The monoisotopic (exact) mass is 440 g/mol. The lowest BCUT2D eigenvalue weighted by Crippen LogP contribution is -2.30. The number of fused-ring (bicyclic) bond motifs is 2. The predicted molar refractivity (Wildman–Crippen MR) is 121 cm³/mol. The average molecular weight is 441 g/mol. The van der Waals surface area contributed by atoms with Crippen LogP contribution in [0.25, 0.3) is 0 Å². The molecule has 3 aliphatic rings. The van der Waals surface area contributed by atoms with Crippen LogP contribution in [0.2, 0.25) is 0 Å². The molecule has 0 saturated carbocycles. The summed E-state index contributed by atoms with van der Waals surface area (Å²) in [6.07, 6.45) is 1.67. The molecule has 10 heteroatoms. The van der Waals surface area contributed by atoms with Crippen molar-refractivity contribution < 1.29 is 13.2 Å². The Morgan fingerprint density at radius 2 is 2.10 bits per heavy atom. The number of aliphatic imine (C=N–C) groups is 1. The summed E-state index contributed by atoms with van der Waals surface area (Å²) in [6, 6.07) is 10.5. The second kappa shape index (κ2) is 7.77. The number of guanidine groups is 1. The van der Waals surface area contributed by atoms with Crippen LogP contribution in [-0.2, 0) is 16.4 Å². The molecule has 2 heterocycles. The number of benzene rings is 2. The first-order chi connectivity index (χ1) is 15.0. The van der Waals surface area contributed by atoms with Crippen LogP contribution in [0, 0.1) is 0 Å². The van der Waals surface area contributed by atoms with Gasteiger partial charge in [0.2, 0.25) is 5.96 Å². The minimum atomic E-state index is -3.75. The van der Waals surface area contributed by atoms with E-state index < -0.39 is 10.0 Å². The van der Waals surface area contributed by atoms with Crippen molar-refractivity contribution in [3.05, 3.63) is 47.5 Å². The fourth-order valence-corrected chi connectivity index (χ4v) is 5.00. The second-order valence-electron chi connectivity index (χ2n) is 7.70. The second-order valence-corrected chi connectivity index (χ2v) is 9.39.